The van der Waals surface area contributed by atoms with Crippen LogP contribution >= 0.6 is 0 Å². The van der Waals surface area contributed by atoms with Gasteiger partial charge in [-0.05, 0) is 36.5 Å². The first kappa shape index (κ1) is 14.3. The number of nitrogens with one attached hydrogen (secondary N) is 2. The number of H-pyrrole nitrogens is 2. The first-order valence-electron chi connectivity index (χ1n) is 6.89. The molecule has 6 nitrogen and oxygen atoms in total. The molecule has 1 heterocycles. The lowest BCUT2D eigenvalue weighted by atomic mass is 9.68. The van der Waals surface area contributed by atoms with E-state index < -0.39 is 10.0 Å². The Balaban J connectivity index is 1.94. The summed E-state index contributed by atoms with van der Waals surface area (Å²) in [7, 11) is -1.91. The third-order valence-electron chi connectivity index (χ3n) is 4.26. The van der Waals surface area contributed by atoms with Crippen molar-refractivity contribution in [1.82, 2.24) is 14.3 Å². The van der Waals surface area contributed by atoms with E-state index in [1.54, 1.807) is 13.1 Å². The van der Waals surface area contributed by atoms with Crippen molar-refractivity contribution in [3.63, 3.8) is 0 Å². The average molecular weight is 309 g/mol. The van der Waals surface area contributed by atoms with Crippen LogP contribution in [0.5, 0.6) is 0 Å². The molecule has 0 radical (unpaired) electrons. The summed E-state index contributed by atoms with van der Waals surface area (Å²) in [5.41, 5.74) is 0.980. The predicted octanol–water partition coefficient (Wildman–Crippen LogP) is 1.67. The van der Waals surface area contributed by atoms with Crippen LogP contribution in [0, 0.1) is 5.41 Å². The number of sulfonamides is 1. The fourth-order valence-electron chi connectivity index (χ4n) is 3.01. The SMILES string of the molecule is CN(C1CC(C)(C)C1)S(=O)(=O)c1ccc2[nH]c(=O)[nH]c2c1. The highest BCUT2D eigenvalue weighted by molar-refractivity contribution is 7.89. The van der Waals surface area contributed by atoms with Gasteiger partial charge in [-0.15, -0.1) is 0 Å². The molecule has 1 aliphatic carbocycles. The maximum Gasteiger partial charge on any atom is 0.323 e. The van der Waals surface area contributed by atoms with Crippen LogP contribution in [-0.4, -0.2) is 35.8 Å². The van der Waals surface area contributed by atoms with Crippen molar-refractivity contribution in [2.75, 3.05) is 7.05 Å². The minimum absolute atomic E-state index is 0.0472. The van der Waals surface area contributed by atoms with Gasteiger partial charge in [0.1, 0.15) is 0 Å². The molecule has 2 aromatic rings. The van der Waals surface area contributed by atoms with Crippen LogP contribution in [0.4, 0.5) is 0 Å². The third kappa shape index (κ3) is 2.40. The number of nitrogens with zero attached hydrogens (tertiary/aromatic N) is 1. The van der Waals surface area contributed by atoms with Crippen molar-refractivity contribution in [2.45, 2.75) is 37.6 Å². The maximum atomic E-state index is 12.7. The second-order valence-electron chi connectivity index (χ2n) is 6.53. The summed E-state index contributed by atoms with van der Waals surface area (Å²) in [6.45, 7) is 4.28. The minimum Gasteiger partial charge on any atom is -0.306 e. The highest BCUT2D eigenvalue weighted by Crippen LogP contribution is 2.43. The van der Waals surface area contributed by atoms with E-state index in [1.807, 2.05) is 0 Å². The highest BCUT2D eigenvalue weighted by Gasteiger charge is 2.42. The van der Waals surface area contributed by atoms with E-state index in [1.165, 1.54) is 16.4 Å². The Bertz CT molecular complexity index is 840. The number of hydrogen-bond acceptors (Lipinski definition) is 3. The molecule has 0 atom stereocenters. The van der Waals surface area contributed by atoms with Crippen molar-refractivity contribution >= 4 is 21.1 Å². The second kappa shape index (κ2) is 4.45. The first-order chi connectivity index (χ1) is 9.69. The molecule has 3 rings (SSSR count). The standard InChI is InChI=1S/C14H19N3O3S/c1-14(2)7-9(8-14)17(3)21(19,20)10-4-5-11-12(6-10)16-13(18)15-11/h4-6,9H,7-8H2,1-3H3,(H2,15,16,18). The van der Waals surface area contributed by atoms with E-state index in [-0.39, 0.29) is 22.0 Å². The summed E-state index contributed by atoms with van der Waals surface area (Å²) in [5, 5.41) is 0. The lowest BCUT2D eigenvalue weighted by Crippen LogP contribution is -2.49. The Hall–Kier alpha value is -1.60. The molecule has 1 saturated carbocycles. The zero-order chi connectivity index (χ0) is 15.4. The van der Waals surface area contributed by atoms with Gasteiger partial charge < -0.3 is 9.97 Å². The predicted molar refractivity (Wildman–Crippen MR) is 80.7 cm³/mol. The molecule has 114 valence electrons. The van der Waals surface area contributed by atoms with Crippen LogP contribution in [0.1, 0.15) is 26.7 Å². The molecule has 1 aliphatic rings. The summed E-state index contributed by atoms with van der Waals surface area (Å²) in [5.74, 6) is 0. The van der Waals surface area contributed by atoms with Crippen LogP contribution in [0.15, 0.2) is 27.9 Å². The van der Waals surface area contributed by atoms with Crippen molar-refractivity contribution in [3.8, 4) is 0 Å². The van der Waals surface area contributed by atoms with Crippen molar-refractivity contribution in [3.05, 3.63) is 28.7 Å². The Morgan fingerprint density at radius 1 is 1.19 bits per heavy atom. The number of aromatic nitrogens is 2. The lowest BCUT2D eigenvalue weighted by molar-refractivity contribution is 0.0857. The quantitative estimate of drug-likeness (QED) is 0.904. The molecule has 1 fully saturated rings. The number of benzene rings is 1. The van der Waals surface area contributed by atoms with E-state index in [4.69, 9.17) is 0 Å². The Morgan fingerprint density at radius 2 is 1.81 bits per heavy atom. The van der Waals surface area contributed by atoms with Gasteiger partial charge in [-0.25, -0.2) is 13.2 Å². The Labute approximate surface area is 123 Å². The average Bonchev–Trinajstić information content (AvgIpc) is 2.73. The molecule has 7 heteroatoms. The highest BCUT2D eigenvalue weighted by atomic mass is 32.2. The first-order valence-corrected chi connectivity index (χ1v) is 8.33. The smallest absolute Gasteiger partial charge is 0.306 e. The summed E-state index contributed by atoms with van der Waals surface area (Å²) < 4.78 is 26.8. The number of hydrogen-bond donors (Lipinski definition) is 2. The van der Waals surface area contributed by atoms with E-state index in [9.17, 15) is 13.2 Å². The van der Waals surface area contributed by atoms with Crippen molar-refractivity contribution in [2.24, 2.45) is 5.41 Å². The van der Waals surface area contributed by atoms with Gasteiger partial charge in [0.2, 0.25) is 10.0 Å². The van der Waals surface area contributed by atoms with Crippen molar-refractivity contribution < 1.29 is 8.42 Å². The number of fused-ring (bicyclic) bond motifs is 1. The normalized spacial score (nSPS) is 19.0. The lowest BCUT2D eigenvalue weighted by Gasteiger charge is -2.46. The number of imidazole rings is 1. The van der Waals surface area contributed by atoms with Crippen molar-refractivity contribution in [1.29, 1.82) is 0 Å². The largest absolute Gasteiger partial charge is 0.323 e. The number of rotatable bonds is 3. The molecular formula is C14H19N3O3S. The van der Waals surface area contributed by atoms with Gasteiger partial charge in [0.15, 0.2) is 0 Å². The van der Waals surface area contributed by atoms with Crippen LogP contribution in [0.3, 0.4) is 0 Å². The molecule has 0 unspecified atom stereocenters. The van der Waals surface area contributed by atoms with Gasteiger partial charge in [0.25, 0.3) is 0 Å². The zero-order valence-corrected chi connectivity index (χ0v) is 13.1. The Kier molecular flexibility index (Phi) is 3.04. The van der Waals surface area contributed by atoms with Crippen LogP contribution in [-0.2, 0) is 10.0 Å². The molecule has 0 aliphatic heterocycles. The van der Waals surface area contributed by atoms with E-state index in [2.05, 4.69) is 23.8 Å². The van der Waals surface area contributed by atoms with Gasteiger partial charge in [0, 0.05) is 13.1 Å². The molecule has 2 N–H and O–H groups in total. The molecule has 0 spiro atoms. The molecule has 1 aromatic carbocycles. The van der Waals surface area contributed by atoms with E-state index in [0.717, 1.165) is 12.8 Å². The summed E-state index contributed by atoms with van der Waals surface area (Å²) in [6.07, 6.45) is 1.73. The van der Waals surface area contributed by atoms with Gasteiger partial charge >= 0.3 is 5.69 Å². The van der Waals surface area contributed by atoms with Crippen LogP contribution in [0.25, 0.3) is 11.0 Å². The molecule has 1 aromatic heterocycles. The monoisotopic (exact) mass is 309 g/mol. The summed E-state index contributed by atoms with van der Waals surface area (Å²) >= 11 is 0. The van der Waals surface area contributed by atoms with Crippen LogP contribution < -0.4 is 5.69 Å². The topological polar surface area (TPSA) is 86.0 Å². The molecule has 21 heavy (non-hydrogen) atoms. The second-order valence-corrected chi connectivity index (χ2v) is 8.53. The minimum atomic E-state index is -3.53. The molecule has 0 saturated heterocycles. The van der Waals surface area contributed by atoms with Gasteiger partial charge in [-0.1, -0.05) is 13.8 Å². The number of aromatic amines is 2. The van der Waals surface area contributed by atoms with Gasteiger partial charge in [0.05, 0.1) is 15.9 Å². The Morgan fingerprint density at radius 3 is 2.43 bits per heavy atom. The zero-order valence-electron chi connectivity index (χ0n) is 12.3. The van der Waals surface area contributed by atoms with E-state index in [0.29, 0.717) is 11.0 Å². The molecule has 0 bridgehead atoms. The summed E-state index contributed by atoms with van der Waals surface area (Å²) in [4.78, 5) is 16.6. The van der Waals surface area contributed by atoms with Gasteiger partial charge in [-0.3, -0.25) is 0 Å². The summed E-state index contributed by atoms with van der Waals surface area (Å²) in [6, 6.07) is 4.69. The molecule has 0 amide bonds. The fraction of sp³-hybridized carbons (Fsp3) is 0.500. The fourth-order valence-corrected chi connectivity index (χ4v) is 4.39. The third-order valence-corrected chi connectivity index (χ3v) is 6.16. The molecular weight excluding hydrogens is 290 g/mol. The van der Waals surface area contributed by atoms with Crippen LogP contribution in [0.2, 0.25) is 0 Å². The van der Waals surface area contributed by atoms with E-state index >= 15 is 0 Å². The van der Waals surface area contributed by atoms with Gasteiger partial charge in [-0.2, -0.15) is 4.31 Å². The maximum absolute atomic E-state index is 12.7.